The Labute approximate surface area is 130 Å². The maximum Gasteiger partial charge on any atom is 0.292 e. The number of piperidine rings is 1. The number of likely N-dealkylation sites (tertiary alicyclic amines) is 1. The van der Waals surface area contributed by atoms with Crippen LogP contribution < -0.4 is 0 Å². The lowest BCUT2D eigenvalue weighted by Crippen LogP contribution is -2.57. The second-order valence-electron chi connectivity index (χ2n) is 6.83. The summed E-state index contributed by atoms with van der Waals surface area (Å²) in [4.78, 5) is 14.3. The van der Waals surface area contributed by atoms with Crippen molar-refractivity contribution in [3.05, 3.63) is 17.5 Å². The predicted octanol–water partition coefficient (Wildman–Crippen LogP) is 1.63. The zero-order valence-electron chi connectivity index (χ0n) is 13.2. The summed E-state index contributed by atoms with van der Waals surface area (Å²) in [5, 5.41) is 14.2. The molecule has 2 aliphatic heterocycles. The van der Waals surface area contributed by atoms with Crippen LogP contribution in [0.25, 0.3) is 0 Å². The molecule has 1 aromatic rings. The molecule has 0 aromatic carbocycles. The molecule has 1 aromatic heterocycles. The van der Waals surface area contributed by atoms with Crippen LogP contribution in [0.3, 0.4) is 0 Å². The Hall–Kier alpha value is -1.40. The fraction of sp³-hybridized carbons (Fsp3) is 0.750. The van der Waals surface area contributed by atoms with E-state index in [0.29, 0.717) is 32.0 Å². The van der Waals surface area contributed by atoms with E-state index in [2.05, 4.69) is 19.0 Å². The number of ether oxygens (including phenoxy) is 1. The van der Waals surface area contributed by atoms with E-state index in [1.54, 1.807) is 11.0 Å². The van der Waals surface area contributed by atoms with Gasteiger partial charge in [0.15, 0.2) is 0 Å². The molecule has 6 nitrogen and oxygen atoms in total. The zero-order valence-corrected chi connectivity index (χ0v) is 13.2. The van der Waals surface area contributed by atoms with Gasteiger partial charge in [-0.05, 0) is 31.6 Å². The van der Waals surface area contributed by atoms with Gasteiger partial charge in [0.25, 0.3) is 5.91 Å². The van der Waals surface area contributed by atoms with E-state index in [1.165, 1.54) is 0 Å². The van der Waals surface area contributed by atoms with Gasteiger partial charge < -0.3 is 19.3 Å². The third-order valence-corrected chi connectivity index (χ3v) is 4.55. The smallest absolute Gasteiger partial charge is 0.292 e. The number of nitrogens with zero attached hydrogens (tertiary/aromatic N) is 2. The van der Waals surface area contributed by atoms with Gasteiger partial charge >= 0.3 is 0 Å². The van der Waals surface area contributed by atoms with Gasteiger partial charge in [0.2, 0.25) is 5.76 Å². The molecule has 3 rings (SSSR count). The van der Waals surface area contributed by atoms with Crippen LogP contribution in [0.4, 0.5) is 0 Å². The van der Waals surface area contributed by atoms with Gasteiger partial charge in [-0.1, -0.05) is 19.0 Å². The van der Waals surface area contributed by atoms with Crippen molar-refractivity contribution in [2.45, 2.75) is 51.2 Å². The molecular weight excluding hydrogens is 284 g/mol. The van der Waals surface area contributed by atoms with Crippen molar-refractivity contribution in [1.29, 1.82) is 0 Å². The normalized spacial score (nSPS) is 28.7. The van der Waals surface area contributed by atoms with Crippen molar-refractivity contribution < 1.29 is 19.2 Å². The number of carbonyl (C=O) groups is 1. The molecule has 2 atom stereocenters. The Kier molecular flexibility index (Phi) is 4.23. The molecule has 2 fully saturated rings. The molecule has 22 heavy (non-hydrogen) atoms. The minimum atomic E-state index is -0.589. The van der Waals surface area contributed by atoms with Crippen LogP contribution in [0.1, 0.15) is 49.4 Å². The molecule has 0 aliphatic carbocycles. The van der Waals surface area contributed by atoms with Gasteiger partial charge in [0, 0.05) is 19.2 Å². The lowest BCUT2D eigenvalue weighted by molar-refractivity contribution is -0.124. The minimum Gasteiger partial charge on any atom is -0.390 e. The third kappa shape index (κ3) is 2.90. The topological polar surface area (TPSA) is 75.8 Å². The average Bonchev–Trinajstić information content (AvgIpc) is 3.11. The van der Waals surface area contributed by atoms with E-state index in [-0.39, 0.29) is 11.7 Å². The molecule has 0 saturated carbocycles. The number of aromatic nitrogens is 1. The first-order chi connectivity index (χ1) is 10.5. The Morgan fingerprint density at radius 3 is 3.09 bits per heavy atom. The van der Waals surface area contributed by atoms with Crippen LogP contribution in [0.5, 0.6) is 0 Å². The van der Waals surface area contributed by atoms with Gasteiger partial charge in [-0.25, -0.2) is 0 Å². The highest BCUT2D eigenvalue weighted by atomic mass is 16.5. The van der Waals surface area contributed by atoms with Crippen LogP contribution in [0, 0.1) is 5.92 Å². The van der Waals surface area contributed by atoms with Gasteiger partial charge in [-0.2, -0.15) is 0 Å². The summed E-state index contributed by atoms with van der Waals surface area (Å²) in [5.74, 6) is 0.581. The molecule has 2 saturated heterocycles. The van der Waals surface area contributed by atoms with Crippen molar-refractivity contribution in [3.8, 4) is 0 Å². The van der Waals surface area contributed by atoms with Crippen LogP contribution in [-0.2, 0) is 11.2 Å². The van der Waals surface area contributed by atoms with Gasteiger partial charge in [0.1, 0.15) is 5.60 Å². The average molecular weight is 308 g/mol. The Bertz CT molecular complexity index is 534. The number of amides is 1. The van der Waals surface area contributed by atoms with Crippen LogP contribution >= 0.6 is 0 Å². The lowest BCUT2D eigenvalue weighted by Gasteiger charge is -2.42. The molecule has 1 spiro atoms. The molecule has 0 bridgehead atoms. The zero-order chi connectivity index (χ0) is 15.7. The molecule has 122 valence electrons. The van der Waals surface area contributed by atoms with Crippen LogP contribution in [-0.4, -0.2) is 52.5 Å². The number of hydrogen-bond donors (Lipinski definition) is 1. The van der Waals surface area contributed by atoms with Crippen LogP contribution in [0.15, 0.2) is 10.6 Å². The predicted molar refractivity (Wildman–Crippen MR) is 79.5 cm³/mol. The number of rotatable bonds is 3. The summed E-state index contributed by atoms with van der Waals surface area (Å²) in [6, 6.07) is 1.73. The minimum absolute atomic E-state index is 0.163. The molecule has 1 amide bonds. The standard InChI is InChI=1S/C16H24N2O4/c1-11(2)8-12-9-13(22-17-12)15(20)18-6-4-14(19)16(10-18)5-3-7-21-16/h9,11,14,19H,3-8,10H2,1-2H3/t14-,16-/m0/s1. The fourth-order valence-electron chi connectivity index (χ4n) is 3.41. The van der Waals surface area contributed by atoms with E-state index in [9.17, 15) is 9.90 Å². The van der Waals surface area contributed by atoms with E-state index in [4.69, 9.17) is 9.26 Å². The van der Waals surface area contributed by atoms with Crippen molar-refractivity contribution in [3.63, 3.8) is 0 Å². The number of carbonyl (C=O) groups excluding carboxylic acids is 1. The summed E-state index contributed by atoms with van der Waals surface area (Å²) in [5.41, 5.74) is 0.219. The van der Waals surface area contributed by atoms with E-state index in [1.807, 2.05) is 0 Å². The SMILES string of the molecule is CC(C)Cc1cc(C(=O)N2CC[C@H](O)[C@]3(CCCO3)C2)on1. The maximum absolute atomic E-state index is 12.6. The van der Waals surface area contributed by atoms with Crippen molar-refractivity contribution in [2.24, 2.45) is 5.92 Å². The molecule has 3 heterocycles. The fourth-order valence-corrected chi connectivity index (χ4v) is 3.41. The third-order valence-electron chi connectivity index (χ3n) is 4.55. The molecule has 2 aliphatic rings. The van der Waals surface area contributed by atoms with E-state index < -0.39 is 11.7 Å². The number of hydrogen-bond acceptors (Lipinski definition) is 5. The second-order valence-corrected chi connectivity index (χ2v) is 6.83. The monoisotopic (exact) mass is 308 g/mol. The van der Waals surface area contributed by atoms with Gasteiger partial charge in [0.05, 0.1) is 18.3 Å². The Morgan fingerprint density at radius 2 is 2.41 bits per heavy atom. The summed E-state index contributed by atoms with van der Waals surface area (Å²) in [6.45, 7) is 5.80. The number of aliphatic hydroxyl groups excluding tert-OH is 1. The Morgan fingerprint density at radius 1 is 1.59 bits per heavy atom. The van der Waals surface area contributed by atoms with Crippen LogP contribution in [0.2, 0.25) is 0 Å². The number of aliphatic hydroxyl groups is 1. The first-order valence-electron chi connectivity index (χ1n) is 8.07. The maximum atomic E-state index is 12.6. The summed E-state index contributed by atoms with van der Waals surface area (Å²) in [6.07, 6.45) is 2.57. The first kappa shape index (κ1) is 15.5. The molecular formula is C16H24N2O4. The van der Waals surface area contributed by atoms with Gasteiger partial charge in [-0.3, -0.25) is 4.79 Å². The molecule has 6 heteroatoms. The summed E-state index contributed by atoms with van der Waals surface area (Å²) in [7, 11) is 0. The highest BCUT2D eigenvalue weighted by Gasteiger charge is 2.47. The quantitative estimate of drug-likeness (QED) is 0.918. The lowest BCUT2D eigenvalue weighted by atomic mass is 9.87. The molecule has 0 radical (unpaired) electrons. The highest BCUT2D eigenvalue weighted by Crippen LogP contribution is 2.35. The first-order valence-corrected chi connectivity index (χ1v) is 8.07. The van der Waals surface area contributed by atoms with E-state index in [0.717, 1.165) is 25.0 Å². The highest BCUT2D eigenvalue weighted by molar-refractivity contribution is 5.91. The van der Waals surface area contributed by atoms with Crippen molar-refractivity contribution in [1.82, 2.24) is 10.1 Å². The largest absolute Gasteiger partial charge is 0.390 e. The van der Waals surface area contributed by atoms with Crippen molar-refractivity contribution >= 4 is 5.91 Å². The summed E-state index contributed by atoms with van der Waals surface area (Å²) >= 11 is 0. The summed E-state index contributed by atoms with van der Waals surface area (Å²) < 4.78 is 11.0. The van der Waals surface area contributed by atoms with Crippen molar-refractivity contribution in [2.75, 3.05) is 19.7 Å². The van der Waals surface area contributed by atoms with Gasteiger partial charge in [-0.15, -0.1) is 0 Å². The van der Waals surface area contributed by atoms with E-state index >= 15 is 0 Å². The second kappa shape index (κ2) is 6.01. The Balaban J connectivity index is 1.70. The molecule has 0 unspecified atom stereocenters. The molecule has 1 N–H and O–H groups in total.